The lowest BCUT2D eigenvalue weighted by Crippen LogP contribution is -2.56. The van der Waals surface area contributed by atoms with Crippen molar-refractivity contribution in [2.75, 3.05) is 27.2 Å². The second kappa shape index (κ2) is 9.87. The van der Waals surface area contributed by atoms with Crippen LogP contribution in [0.5, 0.6) is 0 Å². The SMILES string of the molecule is CN(C)C(=O)NC1CC2(CCN(Cc3ccc(Cl)cc3)CC2)C1.O=C(O)C(F)(F)F. The molecule has 30 heavy (non-hydrogen) atoms. The van der Waals surface area contributed by atoms with Gasteiger partial charge >= 0.3 is 18.2 Å². The second-order valence-corrected chi connectivity index (χ2v) is 8.59. The van der Waals surface area contributed by atoms with Crippen molar-refractivity contribution in [3.8, 4) is 0 Å². The molecule has 1 saturated carbocycles. The number of carboxylic acid groups (broad SMARTS) is 1. The van der Waals surface area contributed by atoms with Gasteiger partial charge in [0.25, 0.3) is 0 Å². The van der Waals surface area contributed by atoms with Crippen LogP contribution in [0.1, 0.15) is 31.2 Å². The fourth-order valence-corrected chi connectivity index (χ4v) is 3.96. The molecule has 2 fully saturated rings. The molecule has 1 spiro atoms. The lowest BCUT2D eigenvalue weighted by atomic mass is 9.60. The molecule has 0 atom stereocenters. The lowest BCUT2D eigenvalue weighted by molar-refractivity contribution is -0.192. The van der Waals surface area contributed by atoms with Crippen LogP contribution in [0.2, 0.25) is 5.02 Å². The van der Waals surface area contributed by atoms with Crippen molar-refractivity contribution in [2.45, 2.75) is 44.4 Å². The predicted octanol–water partition coefficient (Wildman–Crippen LogP) is 3.99. The molecular formula is C20H27ClF3N3O3. The third-order valence-corrected chi connectivity index (χ3v) is 5.82. The largest absolute Gasteiger partial charge is 0.490 e. The van der Waals surface area contributed by atoms with Crippen LogP contribution in [0.25, 0.3) is 0 Å². The minimum Gasteiger partial charge on any atom is -0.475 e. The Morgan fingerprint density at radius 1 is 1.20 bits per heavy atom. The van der Waals surface area contributed by atoms with E-state index in [0.29, 0.717) is 11.5 Å². The summed E-state index contributed by atoms with van der Waals surface area (Å²) >= 11 is 5.94. The van der Waals surface area contributed by atoms with E-state index in [2.05, 4.69) is 22.3 Å². The van der Waals surface area contributed by atoms with E-state index in [0.717, 1.165) is 37.5 Å². The van der Waals surface area contributed by atoms with Gasteiger partial charge in [-0.1, -0.05) is 23.7 Å². The van der Waals surface area contributed by atoms with E-state index in [-0.39, 0.29) is 6.03 Å². The van der Waals surface area contributed by atoms with Crippen LogP contribution in [0, 0.1) is 5.41 Å². The maximum Gasteiger partial charge on any atom is 0.490 e. The first-order valence-corrected chi connectivity index (χ1v) is 10.0. The standard InChI is InChI=1S/C18H26ClN3O.C2HF3O2/c1-21(2)17(23)20-16-11-18(12-16)7-9-22(10-8-18)13-14-3-5-15(19)6-4-14;3-2(4,5)1(6)7/h3-6,16H,7-13H2,1-2H3,(H,20,23);(H,6,7). The van der Waals surface area contributed by atoms with E-state index in [9.17, 15) is 18.0 Å². The molecular weight excluding hydrogens is 423 g/mol. The van der Waals surface area contributed by atoms with Crippen LogP contribution in [0.4, 0.5) is 18.0 Å². The van der Waals surface area contributed by atoms with Crippen LogP contribution in [0.15, 0.2) is 24.3 Å². The number of benzene rings is 1. The number of hydrogen-bond acceptors (Lipinski definition) is 3. The molecule has 1 saturated heterocycles. The van der Waals surface area contributed by atoms with Gasteiger partial charge in [0.2, 0.25) is 0 Å². The highest BCUT2D eigenvalue weighted by atomic mass is 35.5. The molecule has 168 valence electrons. The summed E-state index contributed by atoms with van der Waals surface area (Å²) in [5.41, 5.74) is 1.80. The number of amides is 2. The van der Waals surface area contributed by atoms with Crippen molar-refractivity contribution in [3.63, 3.8) is 0 Å². The molecule has 0 aromatic heterocycles. The minimum absolute atomic E-state index is 0.0324. The molecule has 2 N–H and O–H groups in total. The molecule has 2 aliphatic rings. The number of carbonyl (C=O) groups is 2. The number of piperidine rings is 1. The first kappa shape index (κ1) is 24.3. The quantitative estimate of drug-likeness (QED) is 0.732. The van der Waals surface area contributed by atoms with Crippen molar-refractivity contribution < 1.29 is 27.9 Å². The number of nitrogens with one attached hydrogen (secondary N) is 1. The molecule has 3 rings (SSSR count). The summed E-state index contributed by atoms with van der Waals surface area (Å²) in [5.74, 6) is -2.76. The number of urea groups is 1. The van der Waals surface area contributed by atoms with E-state index in [1.54, 1.807) is 19.0 Å². The average molecular weight is 450 g/mol. The van der Waals surface area contributed by atoms with Crippen LogP contribution in [0.3, 0.4) is 0 Å². The van der Waals surface area contributed by atoms with Gasteiger partial charge in [0.15, 0.2) is 0 Å². The maximum atomic E-state index is 11.7. The fourth-order valence-electron chi connectivity index (χ4n) is 3.83. The van der Waals surface area contributed by atoms with Crippen LogP contribution >= 0.6 is 11.6 Å². The molecule has 1 aromatic carbocycles. The summed E-state index contributed by atoms with van der Waals surface area (Å²) < 4.78 is 31.7. The summed E-state index contributed by atoms with van der Waals surface area (Å²) in [6.45, 7) is 3.31. The van der Waals surface area contributed by atoms with Gasteiger partial charge in [0.05, 0.1) is 0 Å². The Morgan fingerprint density at radius 2 is 1.70 bits per heavy atom. The Morgan fingerprint density at radius 3 is 2.13 bits per heavy atom. The zero-order chi connectivity index (χ0) is 22.5. The van der Waals surface area contributed by atoms with E-state index in [1.807, 2.05) is 12.1 Å². The topological polar surface area (TPSA) is 72.9 Å². The summed E-state index contributed by atoms with van der Waals surface area (Å²) in [7, 11) is 3.58. The van der Waals surface area contributed by atoms with Crippen LogP contribution in [-0.2, 0) is 11.3 Å². The van der Waals surface area contributed by atoms with Crippen molar-refractivity contribution in [1.82, 2.24) is 15.1 Å². The monoisotopic (exact) mass is 449 g/mol. The molecule has 0 unspecified atom stereocenters. The molecule has 10 heteroatoms. The third kappa shape index (κ3) is 7.05. The lowest BCUT2D eigenvalue weighted by Gasteiger charge is -2.52. The number of carboxylic acids is 1. The van der Waals surface area contributed by atoms with Gasteiger partial charge in [-0.3, -0.25) is 4.90 Å². The van der Waals surface area contributed by atoms with Crippen molar-refractivity contribution >= 4 is 23.6 Å². The van der Waals surface area contributed by atoms with Gasteiger partial charge in [-0.05, 0) is 61.9 Å². The smallest absolute Gasteiger partial charge is 0.475 e. The zero-order valence-corrected chi connectivity index (χ0v) is 17.8. The van der Waals surface area contributed by atoms with E-state index in [4.69, 9.17) is 21.5 Å². The molecule has 1 aromatic rings. The average Bonchev–Trinajstić information content (AvgIpc) is 2.63. The molecule has 2 amide bonds. The molecule has 1 aliphatic heterocycles. The third-order valence-electron chi connectivity index (χ3n) is 5.57. The van der Waals surface area contributed by atoms with E-state index >= 15 is 0 Å². The molecule has 1 aliphatic carbocycles. The number of nitrogens with zero attached hydrogens (tertiary/aromatic N) is 2. The van der Waals surface area contributed by atoms with Crippen molar-refractivity contribution in [2.24, 2.45) is 5.41 Å². The normalized spacial score (nSPS) is 18.7. The van der Waals surface area contributed by atoms with Gasteiger partial charge < -0.3 is 15.3 Å². The number of likely N-dealkylation sites (tertiary alicyclic amines) is 1. The van der Waals surface area contributed by atoms with Gasteiger partial charge in [-0.25, -0.2) is 9.59 Å². The van der Waals surface area contributed by atoms with E-state index in [1.165, 1.54) is 18.4 Å². The maximum absolute atomic E-state index is 11.7. The van der Waals surface area contributed by atoms with Gasteiger partial charge in [0.1, 0.15) is 0 Å². The highest BCUT2D eigenvalue weighted by Crippen LogP contribution is 2.49. The van der Waals surface area contributed by atoms with E-state index < -0.39 is 12.1 Å². The number of aliphatic carboxylic acids is 1. The van der Waals surface area contributed by atoms with Crippen molar-refractivity contribution in [1.29, 1.82) is 0 Å². The van der Waals surface area contributed by atoms with Gasteiger partial charge in [-0.15, -0.1) is 0 Å². The second-order valence-electron chi connectivity index (χ2n) is 8.15. The summed E-state index contributed by atoms with van der Waals surface area (Å²) in [6.07, 6.45) is -0.313. The van der Waals surface area contributed by atoms with Crippen LogP contribution < -0.4 is 5.32 Å². The number of hydrogen-bond donors (Lipinski definition) is 2. The molecule has 0 bridgehead atoms. The molecule has 0 radical (unpaired) electrons. The first-order chi connectivity index (χ1) is 13.9. The predicted molar refractivity (Wildman–Crippen MR) is 107 cm³/mol. The summed E-state index contributed by atoms with van der Waals surface area (Å²) in [6, 6.07) is 8.56. The number of rotatable bonds is 3. The number of halogens is 4. The van der Waals surface area contributed by atoms with Crippen LogP contribution in [-0.4, -0.2) is 66.3 Å². The highest BCUT2D eigenvalue weighted by Gasteiger charge is 2.46. The Balaban J connectivity index is 0.000000396. The summed E-state index contributed by atoms with van der Waals surface area (Å²) in [4.78, 5) is 24.7. The van der Waals surface area contributed by atoms with Gasteiger partial charge in [-0.2, -0.15) is 13.2 Å². The minimum atomic E-state index is -5.08. The first-order valence-electron chi connectivity index (χ1n) is 9.65. The fraction of sp³-hybridized carbons (Fsp3) is 0.600. The summed E-state index contributed by atoms with van der Waals surface area (Å²) in [5, 5.41) is 11.0. The molecule has 6 nitrogen and oxygen atoms in total. The molecule has 1 heterocycles. The Labute approximate surface area is 179 Å². The number of alkyl halides is 3. The van der Waals surface area contributed by atoms with Gasteiger partial charge in [0, 0.05) is 31.7 Å². The highest BCUT2D eigenvalue weighted by molar-refractivity contribution is 6.30. The Hall–Kier alpha value is -2.00. The zero-order valence-electron chi connectivity index (χ0n) is 17.0. The number of carbonyl (C=O) groups excluding carboxylic acids is 1. The Bertz CT molecular complexity index is 725. The van der Waals surface area contributed by atoms with Crippen molar-refractivity contribution in [3.05, 3.63) is 34.9 Å². The Kier molecular flexibility index (Phi) is 7.99.